The van der Waals surface area contributed by atoms with Crippen LogP contribution < -0.4 is 15.8 Å². The molecular formula is C24H22N6O3. The molecule has 1 amide bonds. The fourth-order valence-corrected chi connectivity index (χ4v) is 3.50. The van der Waals surface area contributed by atoms with Gasteiger partial charge < -0.3 is 15.8 Å². The van der Waals surface area contributed by atoms with Crippen LogP contribution in [0.15, 0.2) is 61.2 Å². The Balaban J connectivity index is 1.53. The lowest BCUT2D eigenvalue weighted by Crippen LogP contribution is -2.13. The number of ether oxygens (including phenoxy) is 1. The monoisotopic (exact) mass is 442 g/mol. The van der Waals surface area contributed by atoms with E-state index in [1.807, 2.05) is 37.3 Å². The van der Waals surface area contributed by atoms with Gasteiger partial charge >= 0.3 is 0 Å². The summed E-state index contributed by atoms with van der Waals surface area (Å²) < 4.78 is 4.98. The topological polar surface area (TPSA) is 133 Å². The number of nitrogens with two attached hydrogens (primary N) is 1. The molecule has 0 saturated heterocycles. The normalized spacial score (nSPS) is 11.7. The molecule has 0 bridgehead atoms. The van der Waals surface area contributed by atoms with Crippen molar-refractivity contribution in [2.45, 2.75) is 19.4 Å². The molecule has 0 saturated carbocycles. The molecule has 0 fully saturated rings. The Morgan fingerprint density at radius 3 is 2.61 bits per heavy atom. The van der Waals surface area contributed by atoms with E-state index in [9.17, 15) is 9.59 Å². The van der Waals surface area contributed by atoms with Gasteiger partial charge in [-0.15, -0.1) is 0 Å². The van der Waals surface area contributed by atoms with Gasteiger partial charge in [0.1, 0.15) is 17.8 Å². The predicted molar refractivity (Wildman–Crippen MR) is 123 cm³/mol. The number of ketones is 1. The van der Waals surface area contributed by atoms with Crippen molar-refractivity contribution in [1.82, 2.24) is 19.9 Å². The molecule has 4 rings (SSSR count). The van der Waals surface area contributed by atoms with E-state index < -0.39 is 5.91 Å². The minimum Gasteiger partial charge on any atom is -0.480 e. The molecule has 3 N–H and O–H groups in total. The summed E-state index contributed by atoms with van der Waals surface area (Å²) in [5.41, 5.74) is 8.42. The second-order valence-electron chi connectivity index (χ2n) is 7.44. The number of aromatic nitrogens is 4. The summed E-state index contributed by atoms with van der Waals surface area (Å²) in [6, 6.07) is 12.8. The number of nitrogens with zero attached hydrogens (tertiary/aromatic N) is 4. The van der Waals surface area contributed by atoms with Gasteiger partial charge in [0, 0.05) is 17.8 Å². The molecule has 0 aliphatic rings. The molecule has 2 heterocycles. The zero-order valence-corrected chi connectivity index (χ0v) is 18.1. The molecule has 0 radical (unpaired) electrons. The maximum atomic E-state index is 12.6. The zero-order chi connectivity index (χ0) is 23.4. The number of nitrogens with one attached hydrogen (secondary N) is 1. The molecule has 1 atom stereocenters. The maximum absolute atomic E-state index is 12.6. The third kappa shape index (κ3) is 4.77. The lowest BCUT2D eigenvalue weighted by molar-refractivity contribution is 0.0983. The minimum absolute atomic E-state index is 0.129. The van der Waals surface area contributed by atoms with Gasteiger partial charge in [-0.1, -0.05) is 30.3 Å². The van der Waals surface area contributed by atoms with Crippen LogP contribution in [0.5, 0.6) is 5.88 Å². The number of methoxy groups -OCH3 is 1. The first kappa shape index (κ1) is 21.8. The highest BCUT2D eigenvalue weighted by molar-refractivity contribution is 6.06. The highest BCUT2D eigenvalue weighted by Crippen LogP contribution is 2.26. The Bertz CT molecular complexity index is 1320. The maximum Gasteiger partial charge on any atom is 0.250 e. The highest BCUT2D eigenvalue weighted by Gasteiger charge is 2.15. The molecule has 2 aromatic heterocycles. The molecule has 0 spiro atoms. The number of fused-ring (bicyclic) bond motifs is 1. The number of benzene rings is 2. The molecule has 4 aromatic rings. The lowest BCUT2D eigenvalue weighted by Gasteiger charge is -2.17. The Morgan fingerprint density at radius 1 is 1.06 bits per heavy atom. The van der Waals surface area contributed by atoms with Crippen LogP contribution in [0.3, 0.4) is 0 Å². The highest BCUT2D eigenvalue weighted by atomic mass is 16.5. The van der Waals surface area contributed by atoms with Crippen LogP contribution in [-0.4, -0.2) is 38.7 Å². The van der Waals surface area contributed by atoms with Gasteiger partial charge in [0.15, 0.2) is 5.78 Å². The van der Waals surface area contributed by atoms with Crippen LogP contribution in [-0.2, 0) is 6.42 Å². The first-order valence-corrected chi connectivity index (χ1v) is 10.2. The van der Waals surface area contributed by atoms with E-state index in [-0.39, 0.29) is 23.9 Å². The molecule has 0 unspecified atom stereocenters. The third-order valence-electron chi connectivity index (χ3n) is 5.22. The fourth-order valence-electron chi connectivity index (χ4n) is 3.50. The number of hydrogen-bond acceptors (Lipinski definition) is 8. The Morgan fingerprint density at radius 2 is 1.88 bits per heavy atom. The molecule has 9 heteroatoms. The number of primary amides is 1. The molecule has 9 nitrogen and oxygen atoms in total. The van der Waals surface area contributed by atoms with Crippen LogP contribution in [0.4, 0.5) is 5.82 Å². The van der Waals surface area contributed by atoms with E-state index in [0.29, 0.717) is 28.2 Å². The lowest BCUT2D eigenvalue weighted by atomic mass is 10.0. The number of carbonyl (C=O) groups is 2. The van der Waals surface area contributed by atoms with Gasteiger partial charge in [0.25, 0.3) is 5.91 Å². The summed E-state index contributed by atoms with van der Waals surface area (Å²) in [7, 11) is 1.49. The Kier molecular flexibility index (Phi) is 6.21. The van der Waals surface area contributed by atoms with Crippen molar-refractivity contribution in [3.8, 4) is 5.88 Å². The summed E-state index contributed by atoms with van der Waals surface area (Å²) in [5, 5.41) is 4.07. The van der Waals surface area contributed by atoms with Gasteiger partial charge in [0.2, 0.25) is 5.88 Å². The number of anilines is 1. The SMILES string of the molecule is COc1cnc(C(=O)Cc2cccc([C@@H](C)Nc3ncnc4c(C(N)=O)cccc34)c2)cn1. The predicted octanol–water partition coefficient (Wildman–Crippen LogP) is 3.13. The van der Waals surface area contributed by atoms with Gasteiger partial charge in [-0.05, 0) is 30.2 Å². The van der Waals surface area contributed by atoms with Crippen LogP contribution in [0, 0.1) is 0 Å². The first-order chi connectivity index (χ1) is 16.0. The smallest absolute Gasteiger partial charge is 0.250 e. The molecule has 2 aromatic carbocycles. The van der Waals surface area contributed by atoms with Crippen molar-refractivity contribution in [3.05, 3.63) is 83.6 Å². The summed E-state index contributed by atoms with van der Waals surface area (Å²) in [5.74, 6) is 0.264. The molecule has 33 heavy (non-hydrogen) atoms. The van der Waals surface area contributed by atoms with Gasteiger partial charge in [-0.2, -0.15) is 0 Å². The van der Waals surface area contributed by atoms with Crippen molar-refractivity contribution >= 4 is 28.4 Å². The Labute approximate surface area is 190 Å². The average molecular weight is 442 g/mol. The van der Waals surface area contributed by atoms with E-state index >= 15 is 0 Å². The minimum atomic E-state index is -0.544. The van der Waals surface area contributed by atoms with Gasteiger partial charge in [-0.3, -0.25) is 9.59 Å². The van der Waals surface area contributed by atoms with Gasteiger partial charge in [-0.25, -0.2) is 19.9 Å². The van der Waals surface area contributed by atoms with Crippen molar-refractivity contribution in [2.24, 2.45) is 5.73 Å². The fraction of sp³-hybridized carbons (Fsp3) is 0.167. The van der Waals surface area contributed by atoms with Crippen molar-refractivity contribution in [3.63, 3.8) is 0 Å². The largest absolute Gasteiger partial charge is 0.480 e. The second-order valence-corrected chi connectivity index (χ2v) is 7.44. The molecule has 0 aliphatic carbocycles. The molecule has 166 valence electrons. The van der Waals surface area contributed by atoms with Crippen LogP contribution >= 0.6 is 0 Å². The zero-order valence-electron chi connectivity index (χ0n) is 18.1. The van der Waals surface area contributed by atoms with E-state index in [0.717, 1.165) is 11.1 Å². The van der Waals surface area contributed by atoms with Crippen molar-refractivity contribution in [2.75, 3.05) is 12.4 Å². The molecule has 0 aliphatic heterocycles. The third-order valence-corrected chi connectivity index (χ3v) is 5.22. The van der Waals surface area contributed by atoms with Crippen molar-refractivity contribution < 1.29 is 14.3 Å². The summed E-state index contributed by atoms with van der Waals surface area (Å²) in [6.45, 7) is 1.99. The van der Waals surface area contributed by atoms with Crippen LogP contribution in [0.1, 0.15) is 44.9 Å². The number of amides is 1. The van der Waals surface area contributed by atoms with Gasteiger partial charge in [0.05, 0.1) is 30.6 Å². The standard InChI is InChI=1S/C24H22N6O3/c1-14(30-24-18-8-4-7-17(23(25)32)22(18)28-13-29-24)16-6-3-5-15(9-16)10-20(31)19-11-27-21(33-2)12-26-19/h3-9,11-14H,10H2,1-2H3,(H2,25,32)(H,28,29,30)/t14-/m1/s1. The van der Waals surface area contributed by atoms with Crippen LogP contribution in [0.25, 0.3) is 10.9 Å². The van der Waals surface area contributed by atoms with Crippen LogP contribution in [0.2, 0.25) is 0 Å². The van der Waals surface area contributed by atoms with Crippen molar-refractivity contribution in [1.29, 1.82) is 0 Å². The quantitative estimate of drug-likeness (QED) is 0.398. The van der Waals surface area contributed by atoms with E-state index in [1.54, 1.807) is 12.1 Å². The summed E-state index contributed by atoms with van der Waals surface area (Å²) in [6.07, 6.45) is 4.43. The summed E-state index contributed by atoms with van der Waals surface area (Å²) in [4.78, 5) is 41.0. The number of Topliss-reactive ketones (excluding diaryl/α,β-unsaturated/α-hetero) is 1. The number of para-hydroxylation sites is 1. The van der Waals surface area contributed by atoms with E-state index in [1.165, 1.54) is 25.8 Å². The average Bonchev–Trinajstić information content (AvgIpc) is 2.84. The van der Waals surface area contributed by atoms with E-state index in [2.05, 4.69) is 25.3 Å². The number of carbonyl (C=O) groups excluding carboxylic acids is 2. The van der Waals surface area contributed by atoms with E-state index in [4.69, 9.17) is 10.5 Å². The molecular weight excluding hydrogens is 420 g/mol. The first-order valence-electron chi connectivity index (χ1n) is 10.2. The number of hydrogen-bond donors (Lipinski definition) is 2. The summed E-state index contributed by atoms with van der Waals surface area (Å²) >= 11 is 0. The Hall–Kier alpha value is -4.40. The number of rotatable bonds is 8. The second kappa shape index (κ2) is 9.39.